The number of para-hydroxylation sites is 1. The fraction of sp³-hybridized carbons (Fsp3) is 0.231. The number of nitrogens with one attached hydrogen (secondary N) is 2. The van der Waals surface area contributed by atoms with E-state index in [1.54, 1.807) is 18.2 Å². The van der Waals surface area contributed by atoms with Crippen molar-refractivity contribution in [2.24, 2.45) is 0 Å². The van der Waals surface area contributed by atoms with Crippen molar-refractivity contribution >= 4 is 28.2 Å². The predicted molar refractivity (Wildman–Crippen MR) is 75.6 cm³/mol. The van der Waals surface area contributed by atoms with Crippen LogP contribution in [0.1, 0.15) is 6.92 Å². The molecule has 0 saturated heterocycles. The molecule has 0 fully saturated rings. The van der Waals surface area contributed by atoms with Crippen LogP contribution in [0.25, 0.3) is 10.9 Å². The highest BCUT2D eigenvalue weighted by Gasteiger charge is 2.17. The molecule has 1 aromatic heterocycles. The Hall–Kier alpha value is -2.70. The minimum absolute atomic E-state index is 0.0773. The fourth-order valence-corrected chi connectivity index (χ4v) is 1.88. The molecular weight excluding hydrogens is 260 g/mol. The molecule has 0 aliphatic carbocycles. The molecule has 20 heavy (non-hydrogen) atoms. The van der Waals surface area contributed by atoms with Gasteiger partial charge in [0, 0.05) is 25.4 Å². The van der Waals surface area contributed by atoms with E-state index in [0.717, 1.165) is 0 Å². The monoisotopic (exact) mass is 274 g/mol. The molecule has 1 aromatic carbocycles. The lowest BCUT2D eigenvalue weighted by Gasteiger charge is -2.10. The highest BCUT2D eigenvalue weighted by molar-refractivity contribution is 5.95. The maximum absolute atomic E-state index is 11.1. The number of benzene rings is 1. The van der Waals surface area contributed by atoms with Crippen LogP contribution in [0, 0.1) is 10.1 Å². The summed E-state index contributed by atoms with van der Waals surface area (Å²) in [7, 11) is 0. The first-order chi connectivity index (χ1) is 9.59. The van der Waals surface area contributed by atoms with Crippen LogP contribution in [-0.2, 0) is 4.79 Å². The molecule has 0 aliphatic heterocycles. The summed E-state index contributed by atoms with van der Waals surface area (Å²) >= 11 is 0. The number of hydrogen-bond acceptors (Lipinski definition) is 5. The number of carbonyl (C=O) groups is 1. The van der Waals surface area contributed by atoms with Crippen LogP contribution in [0.4, 0.5) is 11.4 Å². The standard InChI is InChI=1S/C13H14N4O3/c1-9(18)14-6-7-15-13-10-4-2-3-5-11(10)16-8-12(13)17(19)20/h2-5,8H,6-7H2,1H3,(H,14,18)(H,15,16). The van der Waals surface area contributed by atoms with E-state index in [1.807, 2.05) is 6.07 Å². The third-order valence-electron chi connectivity index (χ3n) is 2.75. The number of nitro groups is 1. The molecule has 2 rings (SSSR count). The number of carbonyl (C=O) groups excluding carboxylic acids is 1. The van der Waals surface area contributed by atoms with Gasteiger partial charge in [-0.15, -0.1) is 0 Å². The normalized spacial score (nSPS) is 10.2. The molecule has 0 saturated carbocycles. The smallest absolute Gasteiger partial charge is 0.311 e. The second-order valence-electron chi connectivity index (χ2n) is 4.20. The summed E-state index contributed by atoms with van der Waals surface area (Å²) < 4.78 is 0. The van der Waals surface area contributed by atoms with Gasteiger partial charge in [0.2, 0.25) is 5.91 Å². The van der Waals surface area contributed by atoms with Crippen LogP contribution in [0.15, 0.2) is 30.5 Å². The molecule has 0 unspecified atom stereocenters. The SMILES string of the molecule is CC(=O)NCCNc1c([N+](=O)[O-])cnc2ccccc12. The molecule has 1 amide bonds. The van der Waals surface area contributed by atoms with Crippen molar-refractivity contribution in [3.8, 4) is 0 Å². The fourth-order valence-electron chi connectivity index (χ4n) is 1.88. The maximum Gasteiger partial charge on any atom is 0.311 e. The molecule has 0 atom stereocenters. The lowest BCUT2D eigenvalue weighted by Crippen LogP contribution is -2.26. The summed E-state index contributed by atoms with van der Waals surface area (Å²) in [4.78, 5) is 25.4. The van der Waals surface area contributed by atoms with E-state index >= 15 is 0 Å². The third kappa shape index (κ3) is 3.00. The molecule has 7 heteroatoms. The lowest BCUT2D eigenvalue weighted by molar-refractivity contribution is -0.384. The van der Waals surface area contributed by atoms with Crippen molar-refractivity contribution < 1.29 is 9.72 Å². The zero-order chi connectivity index (χ0) is 14.5. The van der Waals surface area contributed by atoms with Gasteiger partial charge in [-0.1, -0.05) is 18.2 Å². The van der Waals surface area contributed by atoms with Crippen molar-refractivity contribution in [2.45, 2.75) is 6.92 Å². The van der Waals surface area contributed by atoms with Gasteiger partial charge in [-0.3, -0.25) is 14.9 Å². The van der Waals surface area contributed by atoms with Crippen molar-refractivity contribution in [1.29, 1.82) is 0 Å². The summed E-state index contributed by atoms with van der Waals surface area (Å²) in [6.07, 6.45) is 1.24. The largest absolute Gasteiger partial charge is 0.377 e. The second kappa shape index (κ2) is 5.96. The maximum atomic E-state index is 11.1. The van der Waals surface area contributed by atoms with Gasteiger partial charge in [0.25, 0.3) is 0 Å². The van der Waals surface area contributed by atoms with Crippen molar-refractivity contribution in [1.82, 2.24) is 10.3 Å². The van der Waals surface area contributed by atoms with Crippen LogP contribution >= 0.6 is 0 Å². The molecule has 7 nitrogen and oxygen atoms in total. The quantitative estimate of drug-likeness (QED) is 0.491. The summed E-state index contributed by atoms with van der Waals surface area (Å²) in [5.74, 6) is -0.138. The van der Waals surface area contributed by atoms with Crippen molar-refractivity contribution in [3.63, 3.8) is 0 Å². The van der Waals surface area contributed by atoms with Crippen LogP contribution in [0.5, 0.6) is 0 Å². The Bertz CT molecular complexity index is 657. The van der Waals surface area contributed by atoms with Crippen molar-refractivity contribution in [3.05, 3.63) is 40.6 Å². The molecule has 0 radical (unpaired) electrons. The van der Waals surface area contributed by atoms with Gasteiger partial charge in [-0.05, 0) is 6.07 Å². The Kier molecular flexibility index (Phi) is 4.09. The lowest BCUT2D eigenvalue weighted by atomic mass is 10.1. The number of anilines is 1. The highest BCUT2D eigenvalue weighted by atomic mass is 16.6. The van der Waals surface area contributed by atoms with Gasteiger partial charge in [-0.2, -0.15) is 0 Å². The van der Waals surface area contributed by atoms with E-state index in [9.17, 15) is 14.9 Å². The number of nitrogens with zero attached hydrogens (tertiary/aromatic N) is 2. The minimum atomic E-state index is -0.472. The first-order valence-electron chi connectivity index (χ1n) is 6.10. The third-order valence-corrected chi connectivity index (χ3v) is 2.75. The van der Waals surface area contributed by atoms with Gasteiger partial charge >= 0.3 is 5.69 Å². The van der Waals surface area contributed by atoms with Gasteiger partial charge in [-0.25, -0.2) is 4.98 Å². The van der Waals surface area contributed by atoms with Crippen LogP contribution < -0.4 is 10.6 Å². The Morgan fingerprint density at radius 1 is 1.35 bits per heavy atom. The van der Waals surface area contributed by atoms with Gasteiger partial charge < -0.3 is 10.6 Å². The van der Waals surface area contributed by atoms with Gasteiger partial charge in [0.15, 0.2) is 0 Å². The zero-order valence-corrected chi connectivity index (χ0v) is 10.9. The van der Waals surface area contributed by atoms with E-state index in [0.29, 0.717) is 29.7 Å². The Balaban J connectivity index is 2.30. The zero-order valence-electron chi connectivity index (χ0n) is 10.9. The van der Waals surface area contributed by atoms with Crippen LogP contribution in [0.3, 0.4) is 0 Å². The molecule has 2 N–H and O–H groups in total. The van der Waals surface area contributed by atoms with E-state index in [1.165, 1.54) is 13.1 Å². The summed E-state index contributed by atoms with van der Waals surface area (Å²) in [5.41, 5.74) is 1.03. The summed E-state index contributed by atoms with van der Waals surface area (Å²) in [6.45, 7) is 2.21. The molecule has 0 spiro atoms. The van der Waals surface area contributed by atoms with E-state index in [-0.39, 0.29) is 11.6 Å². The Morgan fingerprint density at radius 2 is 2.10 bits per heavy atom. The number of pyridine rings is 1. The van der Waals surface area contributed by atoms with E-state index < -0.39 is 4.92 Å². The molecular formula is C13H14N4O3. The highest BCUT2D eigenvalue weighted by Crippen LogP contribution is 2.30. The van der Waals surface area contributed by atoms with Crippen molar-refractivity contribution in [2.75, 3.05) is 18.4 Å². The molecule has 0 aliphatic rings. The average molecular weight is 274 g/mol. The van der Waals surface area contributed by atoms with E-state index in [2.05, 4.69) is 15.6 Å². The van der Waals surface area contributed by atoms with Crippen LogP contribution in [-0.4, -0.2) is 28.9 Å². The van der Waals surface area contributed by atoms with Crippen LogP contribution in [0.2, 0.25) is 0 Å². The molecule has 104 valence electrons. The van der Waals surface area contributed by atoms with Gasteiger partial charge in [0.05, 0.1) is 10.4 Å². The number of fused-ring (bicyclic) bond motifs is 1. The average Bonchev–Trinajstić information content (AvgIpc) is 2.42. The number of hydrogen-bond donors (Lipinski definition) is 2. The van der Waals surface area contributed by atoms with Gasteiger partial charge in [0.1, 0.15) is 11.9 Å². The minimum Gasteiger partial charge on any atom is -0.377 e. The summed E-state index contributed by atoms with van der Waals surface area (Å²) in [5, 5.41) is 17.4. The summed E-state index contributed by atoms with van der Waals surface area (Å²) in [6, 6.07) is 7.18. The topological polar surface area (TPSA) is 97.2 Å². The molecule has 1 heterocycles. The number of amides is 1. The molecule has 2 aromatic rings. The number of rotatable bonds is 5. The Morgan fingerprint density at radius 3 is 2.80 bits per heavy atom. The molecule has 0 bridgehead atoms. The van der Waals surface area contributed by atoms with E-state index in [4.69, 9.17) is 0 Å². The Labute approximate surface area is 115 Å². The first-order valence-corrected chi connectivity index (χ1v) is 6.10. The predicted octanol–water partition coefficient (Wildman–Crippen LogP) is 1.69. The first kappa shape index (κ1) is 13.7. The number of aromatic nitrogens is 1. The second-order valence-corrected chi connectivity index (χ2v) is 4.20.